The van der Waals surface area contributed by atoms with Gasteiger partial charge in [-0.2, -0.15) is 0 Å². The van der Waals surface area contributed by atoms with Gasteiger partial charge < -0.3 is 14.2 Å². The van der Waals surface area contributed by atoms with Crippen LogP contribution in [-0.4, -0.2) is 36.5 Å². The second-order valence-corrected chi connectivity index (χ2v) is 4.48. The van der Waals surface area contributed by atoms with Gasteiger partial charge in [0.2, 0.25) is 0 Å². The van der Waals surface area contributed by atoms with Crippen LogP contribution in [0.25, 0.3) is 0 Å². The highest BCUT2D eigenvalue weighted by Crippen LogP contribution is 2.48. The van der Waals surface area contributed by atoms with Crippen molar-refractivity contribution in [1.82, 2.24) is 0 Å². The Morgan fingerprint density at radius 3 is 2.53 bits per heavy atom. The number of ether oxygens (including phenoxy) is 3. The van der Waals surface area contributed by atoms with Crippen LogP contribution in [0.4, 0.5) is 0 Å². The van der Waals surface area contributed by atoms with Crippen molar-refractivity contribution in [3.63, 3.8) is 0 Å². The Kier molecular flexibility index (Phi) is 2.73. The highest BCUT2D eigenvalue weighted by atomic mass is 16.7. The summed E-state index contributed by atoms with van der Waals surface area (Å²) in [6.45, 7) is 6.25. The summed E-state index contributed by atoms with van der Waals surface area (Å²) in [5.74, 6) is -0.223. The Labute approximate surface area is 89.9 Å². The van der Waals surface area contributed by atoms with Gasteiger partial charge in [0.25, 0.3) is 0 Å². The first-order valence-corrected chi connectivity index (χ1v) is 5.57. The van der Waals surface area contributed by atoms with Gasteiger partial charge in [-0.3, -0.25) is 0 Å². The zero-order valence-electron chi connectivity index (χ0n) is 9.49. The van der Waals surface area contributed by atoms with Crippen LogP contribution >= 0.6 is 0 Å². The third-order valence-electron chi connectivity index (χ3n) is 3.00. The van der Waals surface area contributed by atoms with Gasteiger partial charge in [0.05, 0.1) is 18.8 Å². The van der Waals surface area contributed by atoms with Crippen LogP contribution in [0.1, 0.15) is 33.6 Å². The first-order chi connectivity index (χ1) is 7.07. The van der Waals surface area contributed by atoms with Crippen molar-refractivity contribution in [2.75, 3.05) is 6.61 Å². The van der Waals surface area contributed by atoms with Crippen LogP contribution < -0.4 is 0 Å². The van der Waals surface area contributed by atoms with E-state index in [0.717, 1.165) is 12.8 Å². The Morgan fingerprint density at radius 2 is 2.00 bits per heavy atom. The van der Waals surface area contributed by atoms with Gasteiger partial charge in [-0.25, -0.2) is 4.79 Å². The van der Waals surface area contributed by atoms with Crippen molar-refractivity contribution in [2.45, 2.75) is 57.5 Å². The molecule has 4 nitrogen and oxygen atoms in total. The summed E-state index contributed by atoms with van der Waals surface area (Å²) in [5, 5.41) is 0. The molecule has 2 heterocycles. The number of epoxide rings is 1. The Bertz CT molecular complexity index is 253. The quantitative estimate of drug-likeness (QED) is 0.513. The Balaban J connectivity index is 1.96. The number of hydrogen-bond acceptors (Lipinski definition) is 4. The lowest BCUT2D eigenvalue weighted by atomic mass is 9.89. The summed E-state index contributed by atoms with van der Waals surface area (Å²) >= 11 is 0. The summed E-state index contributed by atoms with van der Waals surface area (Å²) in [4.78, 5) is 11.5. The number of rotatable bonds is 2. The molecule has 1 spiro atoms. The molecule has 0 aromatic rings. The zero-order valence-corrected chi connectivity index (χ0v) is 9.49. The van der Waals surface area contributed by atoms with E-state index in [9.17, 15) is 4.79 Å². The summed E-state index contributed by atoms with van der Waals surface area (Å²) in [6, 6.07) is 0. The highest BCUT2D eigenvalue weighted by molar-refractivity contribution is 5.79. The molecule has 0 aromatic heterocycles. The smallest absolute Gasteiger partial charge is 0.338 e. The fourth-order valence-electron chi connectivity index (χ4n) is 2.54. The van der Waals surface area contributed by atoms with Crippen molar-refractivity contribution in [2.24, 2.45) is 0 Å². The molecule has 0 amide bonds. The fraction of sp³-hybridized carbons (Fsp3) is 0.909. The summed E-state index contributed by atoms with van der Waals surface area (Å²) < 4.78 is 16.1. The van der Waals surface area contributed by atoms with E-state index in [1.807, 2.05) is 20.8 Å². The molecule has 15 heavy (non-hydrogen) atoms. The molecule has 0 N–H and O–H groups in total. The molecule has 4 heteroatoms. The van der Waals surface area contributed by atoms with E-state index in [-0.39, 0.29) is 29.9 Å². The van der Waals surface area contributed by atoms with Gasteiger partial charge in [0.15, 0.2) is 6.10 Å². The summed E-state index contributed by atoms with van der Waals surface area (Å²) in [7, 11) is 0. The predicted octanol–water partition coefficient (Wildman–Crippen LogP) is 1.27. The van der Waals surface area contributed by atoms with Gasteiger partial charge in [0, 0.05) is 12.8 Å². The minimum Gasteiger partial charge on any atom is -0.464 e. The minimum atomic E-state index is -0.355. The van der Waals surface area contributed by atoms with Gasteiger partial charge in [-0.1, -0.05) is 0 Å². The average molecular weight is 214 g/mol. The molecule has 2 aliphatic heterocycles. The van der Waals surface area contributed by atoms with Crippen LogP contribution in [0.5, 0.6) is 0 Å². The van der Waals surface area contributed by atoms with E-state index in [2.05, 4.69) is 0 Å². The molecular formula is C11H18O4. The highest BCUT2D eigenvalue weighted by Gasteiger charge is 2.63. The van der Waals surface area contributed by atoms with Gasteiger partial charge in [-0.15, -0.1) is 0 Å². The number of carbonyl (C=O) groups excluding carboxylic acids is 1. The molecule has 0 aromatic carbocycles. The first kappa shape index (κ1) is 10.9. The Morgan fingerprint density at radius 1 is 1.40 bits per heavy atom. The van der Waals surface area contributed by atoms with Crippen LogP contribution in [0.2, 0.25) is 0 Å². The van der Waals surface area contributed by atoms with Crippen LogP contribution in [0.3, 0.4) is 0 Å². The molecular weight excluding hydrogens is 196 g/mol. The first-order valence-electron chi connectivity index (χ1n) is 5.57. The van der Waals surface area contributed by atoms with Gasteiger partial charge in [0.1, 0.15) is 5.60 Å². The maximum Gasteiger partial charge on any atom is 0.338 e. The molecule has 0 bridgehead atoms. The summed E-state index contributed by atoms with van der Waals surface area (Å²) in [5.41, 5.74) is -0.288. The molecule has 0 saturated carbocycles. The van der Waals surface area contributed by atoms with Crippen LogP contribution in [0.15, 0.2) is 0 Å². The molecule has 2 aliphatic rings. The zero-order chi connectivity index (χ0) is 11.1. The van der Waals surface area contributed by atoms with E-state index in [1.54, 1.807) is 0 Å². The van der Waals surface area contributed by atoms with E-state index < -0.39 is 0 Å². The monoisotopic (exact) mass is 214 g/mol. The molecule has 2 fully saturated rings. The number of esters is 1. The molecule has 2 rings (SSSR count). The SMILES string of the molecule is CCOC(=O)C1OC12CC(C)OC(C)C2. The maximum atomic E-state index is 11.5. The van der Waals surface area contributed by atoms with Crippen molar-refractivity contribution >= 4 is 5.97 Å². The lowest BCUT2D eigenvalue weighted by molar-refractivity contribution is -0.144. The molecule has 0 radical (unpaired) electrons. The molecule has 0 aliphatic carbocycles. The lowest BCUT2D eigenvalue weighted by Gasteiger charge is -2.30. The summed E-state index contributed by atoms with van der Waals surface area (Å²) in [6.07, 6.45) is 1.55. The van der Waals surface area contributed by atoms with Crippen molar-refractivity contribution in [1.29, 1.82) is 0 Å². The standard InChI is InChI=1S/C11H18O4/c1-4-13-10(12)9-11(15-9)5-7(2)14-8(3)6-11/h7-9H,4-6H2,1-3H3. The molecule has 3 unspecified atom stereocenters. The van der Waals surface area contributed by atoms with Gasteiger partial charge in [-0.05, 0) is 20.8 Å². The predicted molar refractivity (Wildman–Crippen MR) is 53.5 cm³/mol. The number of carbonyl (C=O) groups is 1. The normalized spacial score (nSPS) is 44.1. The Hall–Kier alpha value is -0.610. The van der Waals surface area contributed by atoms with Crippen molar-refractivity contribution < 1.29 is 19.0 Å². The third kappa shape index (κ3) is 2.01. The van der Waals surface area contributed by atoms with E-state index >= 15 is 0 Å². The van der Waals surface area contributed by atoms with Gasteiger partial charge >= 0.3 is 5.97 Å². The van der Waals surface area contributed by atoms with Crippen molar-refractivity contribution in [3.05, 3.63) is 0 Å². The third-order valence-corrected chi connectivity index (χ3v) is 3.00. The topological polar surface area (TPSA) is 48.1 Å². The molecule has 2 saturated heterocycles. The fourth-order valence-corrected chi connectivity index (χ4v) is 2.54. The van der Waals surface area contributed by atoms with Crippen LogP contribution in [-0.2, 0) is 19.0 Å². The van der Waals surface area contributed by atoms with E-state index in [1.165, 1.54) is 0 Å². The number of hydrogen-bond donors (Lipinski definition) is 0. The minimum absolute atomic E-state index is 0.160. The van der Waals surface area contributed by atoms with E-state index in [0.29, 0.717) is 6.61 Å². The molecule has 86 valence electrons. The largest absolute Gasteiger partial charge is 0.464 e. The van der Waals surface area contributed by atoms with Crippen LogP contribution in [0, 0.1) is 0 Å². The molecule has 3 atom stereocenters. The van der Waals surface area contributed by atoms with E-state index in [4.69, 9.17) is 14.2 Å². The average Bonchev–Trinajstić information content (AvgIpc) is 2.77. The second-order valence-electron chi connectivity index (χ2n) is 4.48. The van der Waals surface area contributed by atoms with Crippen molar-refractivity contribution in [3.8, 4) is 0 Å². The second kappa shape index (κ2) is 3.76. The lowest BCUT2D eigenvalue weighted by Crippen LogP contribution is -2.38. The maximum absolute atomic E-state index is 11.5.